The molecule has 10 aromatic rings. The van der Waals surface area contributed by atoms with E-state index in [4.69, 9.17) is 15.0 Å². The first kappa shape index (κ1) is 31.5. The van der Waals surface area contributed by atoms with Crippen molar-refractivity contribution in [3.05, 3.63) is 200 Å². The Kier molecular flexibility index (Phi) is 7.81. The van der Waals surface area contributed by atoms with Gasteiger partial charge in [0.15, 0.2) is 5.82 Å². The highest BCUT2D eigenvalue weighted by Crippen LogP contribution is 2.38. The Labute approximate surface area is 313 Å². The van der Waals surface area contributed by atoms with Crippen LogP contribution in [0.3, 0.4) is 0 Å². The molecule has 0 amide bonds. The second-order valence-electron chi connectivity index (χ2n) is 13.6. The van der Waals surface area contributed by atoms with Gasteiger partial charge in [-0.3, -0.25) is 0 Å². The van der Waals surface area contributed by atoms with E-state index in [9.17, 15) is 0 Å². The third kappa shape index (κ3) is 5.78. The zero-order valence-electron chi connectivity index (χ0n) is 29.4. The highest BCUT2D eigenvalue weighted by Gasteiger charge is 2.15. The molecule has 0 bridgehead atoms. The first-order valence-electron chi connectivity index (χ1n) is 18.3. The van der Waals surface area contributed by atoms with Crippen molar-refractivity contribution in [3.63, 3.8) is 0 Å². The Morgan fingerprint density at radius 3 is 1.57 bits per heavy atom. The number of aromatic nitrogens is 3. The zero-order chi connectivity index (χ0) is 35.8. The average Bonchev–Trinajstić information content (AvgIpc) is 3.26. The van der Waals surface area contributed by atoms with Crippen LogP contribution in [0, 0.1) is 0 Å². The van der Waals surface area contributed by atoms with E-state index in [2.05, 4.69) is 176 Å². The summed E-state index contributed by atoms with van der Waals surface area (Å²) in [6.45, 7) is 0. The topological polar surface area (TPSA) is 38.7 Å². The van der Waals surface area contributed by atoms with Gasteiger partial charge in [-0.15, -0.1) is 0 Å². The maximum absolute atomic E-state index is 5.24. The first-order chi connectivity index (χ1) is 26.7. The lowest BCUT2D eigenvalue weighted by molar-refractivity contribution is 1.18. The highest BCUT2D eigenvalue weighted by molar-refractivity contribution is 6.22. The van der Waals surface area contributed by atoms with Crippen molar-refractivity contribution in [2.45, 2.75) is 0 Å². The monoisotopic (exact) mass is 687 g/mol. The van der Waals surface area contributed by atoms with Gasteiger partial charge in [0.2, 0.25) is 0 Å². The molecule has 252 valence electrons. The van der Waals surface area contributed by atoms with Gasteiger partial charge in [0.1, 0.15) is 0 Å². The van der Waals surface area contributed by atoms with E-state index in [1.807, 2.05) is 24.3 Å². The van der Waals surface area contributed by atoms with Crippen molar-refractivity contribution in [2.24, 2.45) is 0 Å². The van der Waals surface area contributed by atoms with Gasteiger partial charge < -0.3 is 0 Å². The quantitative estimate of drug-likeness (QED) is 0.163. The van der Waals surface area contributed by atoms with Crippen LogP contribution in [0.25, 0.3) is 99.9 Å². The summed E-state index contributed by atoms with van der Waals surface area (Å²) >= 11 is 0. The second kappa shape index (κ2) is 13.4. The minimum atomic E-state index is 0.702. The molecule has 2 aromatic heterocycles. The van der Waals surface area contributed by atoms with Crippen molar-refractivity contribution in [3.8, 4) is 67.4 Å². The molecule has 0 spiro atoms. The van der Waals surface area contributed by atoms with Crippen LogP contribution in [0.4, 0.5) is 0 Å². The van der Waals surface area contributed by atoms with E-state index in [0.717, 1.165) is 66.9 Å². The van der Waals surface area contributed by atoms with Crippen LogP contribution in [-0.4, -0.2) is 15.0 Å². The van der Waals surface area contributed by atoms with Gasteiger partial charge in [0.25, 0.3) is 0 Å². The largest absolute Gasteiger partial charge is 0.247 e. The molecule has 0 saturated carbocycles. The molecule has 10 rings (SSSR count). The van der Waals surface area contributed by atoms with Crippen molar-refractivity contribution in [2.75, 3.05) is 0 Å². The fraction of sp³-hybridized carbons (Fsp3) is 0. The molecule has 3 heteroatoms. The zero-order valence-corrected chi connectivity index (χ0v) is 29.4. The summed E-state index contributed by atoms with van der Waals surface area (Å²) in [5.74, 6) is 0.702. The maximum atomic E-state index is 5.24. The number of hydrogen-bond donors (Lipinski definition) is 0. The molecule has 54 heavy (non-hydrogen) atoms. The number of rotatable bonds is 6. The summed E-state index contributed by atoms with van der Waals surface area (Å²) in [4.78, 5) is 15.4. The molecule has 3 nitrogen and oxygen atoms in total. The standard InChI is InChI=1S/C51H33N3/c1-3-13-34(14-4-1)39-18-11-20-41(31-39)48-33-47(53-51(54-48)38-16-5-2-6-17-38)37-27-25-35(26-28-37)40-19-12-21-42(32-40)50-45-30-29-36-15-7-8-22-43(36)49(45)44-23-9-10-24-46(44)52-50/h1-33H. The molecule has 2 heterocycles. The van der Waals surface area contributed by atoms with E-state index in [-0.39, 0.29) is 0 Å². The van der Waals surface area contributed by atoms with Crippen LogP contribution in [0.2, 0.25) is 0 Å². The molecule has 0 radical (unpaired) electrons. The molecule has 8 aromatic carbocycles. The van der Waals surface area contributed by atoms with E-state index in [1.165, 1.54) is 27.1 Å². The summed E-state index contributed by atoms with van der Waals surface area (Å²) < 4.78 is 0. The van der Waals surface area contributed by atoms with Gasteiger partial charge in [-0.1, -0.05) is 176 Å². The maximum Gasteiger partial charge on any atom is 0.160 e. The third-order valence-electron chi connectivity index (χ3n) is 10.3. The minimum Gasteiger partial charge on any atom is -0.247 e. The van der Waals surface area contributed by atoms with Gasteiger partial charge >= 0.3 is 0 Å². The van der Waals surface area contributed by atoms with Crippen LogP contribution in [0.1, 0.15) is 0 Å². The lowest BCUT2D eigenvalue weighted by Gasteiger charge is -2.14. The van der Waals surface area contributed by atoms with Crippen molar-refractivity contribution in [1.29, 1.82) is 0 Å². The molecule has 0 unspecified atom stereocenters. The number of para-hydroxylation sites is 1. The predicted molar refractivity (Wildman–Crippen MR) is 225 cm³/mol. The van der Waals surface area contributed by atoms with Crippen LogP contribution >= 0.6 is 0 Å². The number of benzene rings is 8. The SMILES string of the molecule is c1ccc(-c2cccc(-c3cc(-c4ccc(-c5cccc(-c6nc7ccccc7c7c6ccc6ccccc67)c5)cc4)nc(-c4ccccc4)n3)c2)cc1. The summed E-state index contributed by atoms with van der Waals surface area (Å²) in [5, 5.41) is 6.05. The average molecular weight is 688 g/mol. The normalized spacial score (nSPS) is 11.3. The lowest BCUT2D eigenvalue weighted by atomic mass is 9.94. The van der Waals surface area contributed by atoms with Crippen LogP contribution < -0.4 is 0 Å². The smallest absolute Gasteiger partial charge is 0.160 e. The summed E-state index contributed by atoms with van der Waals surface area (Å²) in [6.07, 6.45) is 0. The Balaban J connectivity index is 1.04. The van der Waals surface area contributed by atoms with Gasteiger partial charge in [-0.25, -0.2) is 15.0 Å². The van der Waals surface area contributed by atoms with Crippen LogP contribution in [-0.2, 0) is 0 Å². The molecule has 0 N–H and O–H groups in total. The Morgan fingerprint density at radius 1 is 0.278 bits per heavy atom. The number of nitrogens with zero attached hydrogens (tertiary/aromatic N) is 3. The predicted octanol–water partition coefficient (Wildman–Crippen LogP) is 13.3. The van der Waals surface area contributed by atoms with Crippen LogP contribution in [0.15, 0.2) is 200 Å². The van der Waals surface area contributed by atoms with Crippen LogP contribution in [0.5, 0.6) is 0 Å². The minimum absolute atomic E-state index is 0.702. The molecule has 0 fully saturated rings. The summed E-state index contributed by atoms with van der Waals surface area (Å²) in [7, 11) is 0. The fourth-order valence-corrected chi connectivity index (χ4v) is 7.57. The molecule has 0 aliphatic rings. The van der Waals surface area contributed by atoms with E-state index >= 15 is 0 Å². The van der Waals surface area contributed by atoms with E-state index < -0.39 is 0 Å². The van der Waals surface area contributed by atoms with Crippen molar-refractivity contribution < 1.29 is 0 Å². The van der Waals surface area contributed by atoms with Crippen molar-refractivity contribution >= 4 is 32.4 Å². The molecule has 0 saturated heterocycles. The van der Waals surface area contributed by atoms with Gasteiger partial charge in [-0.2, -0.15) is 0 Å². The molecule has 0 aliphatic carbocycles. The molecule has 0 aliphatic heterocycles. The summed E-state index contributed by atoms with van der Waals surface area (Å²) in [5.41, 5.74) is 12.5. The number of fused-ring (bicyclic) bond motifs is 5. The molecular formula is C51H33N3. The first-order valence-corrected chi connectivity index (χ1v) is 18.3. The van der Waals surface area contributed by atoms with E-state index in [1.54, 1.807) is 0 Å². The fourth-order valence-electron chi connectivity index (χ4n) is 7.57. The number of pyridine rings is 1. The summed E-state index contributed by atoms with van der Waals surface area (Å²) in [6, 6.07) is 70.3. The highest BCUT2D eigenvalue weighted by atomic mass is 14.9. The van der Waals surface area contributed by atoms with Gasteiger partial charge in [-0.05, 0) is 57.3 Å². The van der Waals surface area contributed by atoms with Gasteiger partial charge in [0.05, 0.1) is 22.6 Å². The second-order valence-corrected chi connectivity index (χ2v) is 13.6. The molecular weight excluding hydrogens is 655 g/mol. The Hall–Kier alpha value is -7.23. The van der Waals surface area contributed by atoms with E-state index in [0.29, 0.717) is 5.82 Å². The molecule has 0 atom stereocenters. The third-order valence-corrected chi connectivity index (χ3v) is 10.3. The van der Waals surface area contributed by atoms with Crippen molar-refractivity contribution in [1.82, 2.24) is 15.0 Å². The number of hydrogen-bond acceptors (Lipinski definition) is 3. The lowest BCUT2D eigenvalue weighted by Crippen LogP contribution is -1.96. The Bertz CT molecular complexity index is 2960. The van der Waals surface area contributed by atoms with Gasteiger partial charge in [0, 0.05) is 38.4 Å². The Morgan fingerprint density at radius 2 is 0.815 bits per heavy atom.